The second-order valence-electron chi connectivity index (χ2n) is 8.33. The molecule has 0 radical (unpaired) electrons. The molecule has 0 saturated carbocycles. The Labute approximate surface area is 206 Å². The van der Waals surface area contributed by atoms with Crippen molar-refractivity contribution < 1.29 is 22.7 Å². The first-order valence-corrected chi connectivity index (χ1v) is 12.6. The molecule has 0 aliphatic carbocycles. The molecule has 5 rings (SSSR count). The van der Waals surface area contributed by atoms with Gasteiger partial charge in [-0.15, -0.1) is 0 Å². The van der Waals surface area contributed by atoms with Crippen LogP contribution in [0.25, 0.3) is 5.69 Å². The first-order chi connectivity index (χ1) is 17.2. The maximum Gasteiger partial charge on any atom is 0.262 e. The van der Waals surface area contributed by atoms with Gasteiger partial charge < -0.3 is 15.4 Å². The van der Waals surface area contributed by atoms with Crippen molar-refractivity contribution in [2.45, 2.75) is 4.90 Å². The lowest BCUT2D eigenvalue weighted by atomic mass is 10.1. The van der Waals surface area contributed by atoms with Gasteiger partial charge in [0.2, 0.25) is 10.0 Å². The highest BCUT2D eigenvalue weighted by molar-refractivity contribution is 7.89. The Morgan fingerprint density at radius 3 is 2.25 bits per heavy atom. The molecule has 2 amide bonds. The number of ether oxygens (including phenoxy) is 1. The lowest BCUT2D eigenvalue weighted by molar-refractivity contribution is 0.0880. The van der Waals surface area contributed by atoms with Crippen LogP contribution in [-0.2, 0) is 10.0 Å². The lowest BCUT2D eigenvalue weighted by Gasteiger charge is -2.35. The molecule has 12 heteroatoms. The van der Waals surface area contributed by atoms with Crippen LogP contribution < -0.4 is 26.2 Å². The summed E-state index contributed by atoms with van der Waals surface area (Å²) in [6.07, 6.45) is 0. The highest BCUT2D eigenvalue weighted by atomic mass is 32.2. The molecular formula is C24H23N5O6S. The molecule has 3 heterocycles. The Balaban J connectivity index is 1.37. The smallest absolute Gasteiger partial charge is 0.262 e. The summed E-state index contributed by atoms with van der Waals surface area (Å²) >= 11 is 0. The molecule has 2 aromatic carbocycles. The zero-order valence-electron chi connectivity index (χ0n) is 19.3. The fourth-order valence-corrected chi connectivity index (χ4v) is 5.94. The molecule has 186 valence electrons. The monoisotopic (exact) mass is 509 g/mol. The molecule has 36 heavy (non-hydrogen) atoms. The van der Waals surface area contributed by atoms with Crippen LogP contribution in [0, 0.1) is 0 Å². The number of hydrogen-bond donors (Lipinski definition) is 2. The Morgan fingerprint density at radius 1 is 0.917 bits per heavy atom. The van der Waals surface area contributed by atoms with Gasteiger partial charge >= 0.3 is 0 Å². The van der Waals surface area contributed by atoms with Gasteiger partial charge in [-0.25, -0.2) is 8.42 Å². The maximum absolute atomic E-state index is 13.3. The van der Waals surface area contributed by atoms with E-state index in [2.05, 4.69) is 10.2 Å². The number of benzene rings is 2. The van der Waals surface area contributed by atoms with Crippen LogP contribution in [0.1, 0.15) is 20.7 Å². The number of carbonyl (C=O) groups is 2. The van der Waals surface area contributed by atoms with Crippen LogP contribution in [0.3, 0.4) is 0 Å². The molecule has 2 aliphatic rings. The van der Waals surface area contributed by atoms with Gasteiger partial charge in [0, 0.05) is 32.2 Å². The molecule has 3 aromatic rings. The largest absolute Gasteiger partial charge is 0.495 e. The van der Waals surface area contributed by atoms with Gasteiger partial charge in [0.25, 0.3) is 17.4 Å². The average Bonchev–Trinajstić information content (AvgIpc) is 3.17. The minimum Gasteiger partial charge on any atom is -0.495 e. The normalized spacial score (nSPS) is 16.1. The molecule has 1 aromatic heterocycles. The third-order valence-electron chi connectivity index (χ3n) is 6.35. The number of fused-ring (bicyclic) bond motifs is 1. The van der Waals surface area contributed by atoms with Crippen LogP contribution in [0.15, 0.2) is 64.3 Å². The first kappa shape index (κ1) is 23.6. The standard InChI is InChI=1S/C24H23N5O6S/c1-35-19-5-3-2-4-18(19)27-10-12-28(13-11-27)36(33,34)16-8-6-15(7-9-16)29-20(30)14-17-21(22(29)25)24(32)26-23(17)31/h2-9,14H,10-13,25H2,1H3,(H,26,31,32). The minimum absolute atomic E-state index is 0.0673. The number of anilines is 2. The summed E-state index contributed by atoms with van der Waals surface area (Å²) in [6, 6.07) is 14.3. The molecule has 0 bridgehead atoms. The third-order valence-corrected chi connectivity index (χ3v) is 8.26. The van der Waals surface area contributed by atoms with Gasteiger partial charge in [-0.1, -0.05) is 12.1 Å². The van der Waals surface area contributed by atoms with Gasteiger partial charge in [-0.2, -0.15) is 4.31 Å². The molecular weight excluding hydrogens is 486 g/mol. The highest BCUT2D eigenvalue weighted by Crippen LogP contribution is 2.30. The molecule has 3 N–H and O–H groups in total. The fourth-order valence-electron chi connectivity index (χ4n) is 4.52. The van der Waals surface area contributed by atoms with Crippen LogP contribution in [-0.4, -0.2) is 62.4 Å². The van der Waals surface area contributed by atoms with Crippen molar-refractivity contribution in [1.29, 1.82) is 0 Å². The highest BCUT2D eigenvalue weighted by Gasteiger charge is 2.32. The summed E-state index contributed by atoms with van der Waals surface area (Å²) in [6.45, 7) is 1.59. The SMILES string of the molecule is COc1ccccc1N1CCN(S(=O)(=O)c2ccc(-n3c(N)c4c(cc3=O)C(=O)NC4=O)cc2)CC1. The van der Waals surface area contributed by atoms with Crippen molar-refractivity contribution in [2.24, 2.45) is 0 Å². The number of nitrogens with two attached hydrogens (primary N) is 1. The average molecular weight is 510 g/mol. The zero-order chi connectivity index (χ0) is 25.6. The molecule has 1 fully saturated rings. The third kappa shape index (κ3) is 3.80. The summed E-state index contributed by atoms with van der Waals surface area (Å²) in [7, 11) is -2.18. The van der Waals surface area contributed by atoms with Crippen molar-refractivity contribution in [1.82, 2.24) is 14.2 Å². The van der Waals surface area contributed by atoms with E-state index in [1.807, 2.05) is 24.3 Å². The van der Waals surface area contributed by atoms with Crippen LogP contribution in [0.5, 0.6) is 5.75 Å². The molecule has 11 nitrogen and oxygen atoms in total. The Bertz CT molecular complexity index is 1540. The lowest BCUT2D eigenvalue weighted by Crippen LogP contribution is -2.48. The number of carbonyl (C=O) groups excluding carboxylic acids is 2. The summed E-state index contributed by atoms with van der Waals surface area (Å²) in [5.41, 5.74) is 6.46. The van der Waals surface area contributed by atoms with Gasteiger partial charge in [0.05, 0.1) is 34.5 Å². The Kier molecular flexibility index (Phi) is 5.77. The number of pyridine rings is 1. The van der Waals surface area contributed by atoms with E-state index in [0.29, 0.717) is 26.2 Å². The van der Waals surface area contributed by atoms with Crippen molar-refractivity contribution in [2.75, 3.05) is 43.9 Å². The summed E-state index contributed by atoms with van der Waals surface area (Å²) in [4.78, 5) is 38.7. The number of nitrogen functional groups attached to an aromatic ring is 1. The van der Waals surface area contributed by atoms with Crippen LogP contribution in [0.4, 0.5) is 11.5 Å². The molecule has 0 spiro atoms. The first-order valence-electron chi connectivity index (χ1n) is 11.1. The second-order valence-corrected chi connectivity index (χ2v) is 10.3. The van der Waals surface area contributed by atoms with Crippen molar-refractivity contribution in [3.63, 3.8) is 0 Å². The van der Waals surface area contributed by atoms with Crippen LogP contribution in [0.2, 0.25) is 0 Å². The minimum atomic E-state index is -3.78. The number of amides is 2. The molecule has 2 aliphatic heterocycles. The molecule has 0 unspecified atom stereocenters. The number of methoxy groups -OCH3 is 1. The summed E-state index contributed by atoms with van der Waals surface area (Å²) < 4.78 is 34.4. The number of nitrogens with one attached hydrogen (secondary N) is 1. The number of nitrogens with zero attached hydrogens (tertiary/aromatic N) is 3. The van der Waals surface area contributed by atoms with E-state index in [0.717, 1.165) is 22.1 Å². The molecule has 0 atom stereocenters. The number of para-hydroxylation sites is 2. The summed E-state index contributed by atoms with van der Waals surface area (Å²) in [5.74, 6) is -0.831. The predicted octanol–water partition coefficient (Wildman–Crippen LogP) is 0.823. The number of rotatable bonds is 5. The topological polar surface area (TPSA) is 144 Å². The predicted molar refractivity (Wildman–Crippen MR) is 132 cm³/mol. The van der Waals surface area contributed by atoms with E-state index < -0.39 is 27.4 Å². The van der Waals surface area contributed by atoms with E-state index in [1.165, 1.54) is 28.6 Å². The van der Waals surface area contributed by atoms with Gasteiger partial charge in [0.1, 0.15) is 11.6 Å². The Hall–Kier alpha value is -4.16. The van der Waals surface area contributed by atoms with Gasteiger partial charge in [-0.3, -0.25) is 24.3 Å². The number of sulfonamides is 1. The zero-order valence-corrected chi connectivity index (χ0v) is 20.1. The number of hydrogen-bond acceptors (Lipinski definition) is 8. The van der Waals surface area contributed by atoms with E-state index >= 15 is 0 Å². The van der Waals surface area contributed by atoms with Crippen molar-refractivity contribution in [3.05, 3.63) is 76.1 Å². The number of aromatic nitrogens is 1. The summed E-state index contributed by atoms with van der Waals surface area (Å²) in [5, 5.41) is 2.11. The van der Waals surface area contributed by atoms with Crippen molar-refractivity contribution in [3.8, 4) is 11.4 Å². The maximum atomic E-state index is 13.3. The van der Waals surface area contributed by atoms with E-state index in [-0.39, 0.29) is 27.5 Å². The Morgan fingerprint density at radius 2 is 1.58 bits per heavy atom. The number of piperazine rings is 1. The van der Waals surface area contributed by atoms with Crippen molar-refractivity contribution >= 4 is 33.3 Å². The number of imide groups is 1. The molecule has 1 saturated heterocycles. The fraction of sp³-hybridized carbons (Fsp3) is 0.208. The van der Waals surface area contributed by atoms with E-state index in [9.17, 15) is 22.8 Å². The van der Waals surface area contributed by atoms with E-state index in [4.69, 9.17) is 10.5 Å². The quantitative estimate of drug-likeness (QED) is 0.481. The van der Waals surface area contributed by atoms with Crippen LogP contribution >= 0.6 is 0 Å². The van der Waals surface area contributed by atoms with Gasteiger partial charge in [-0.05, 0) is 36.4 Å². The second kappa shape index (κ2) is 8.81. The van der Waals surface area contributed by atoms with E-state index in [1.54, 1.807) is 7.11 Å². The van der Waals surface area contributed by atoms with Gasteiger partial charge in [0.15, 0.2) is 0 Å².